The summed E-state index contributed by atoms with van der Waals surface area (Å²) in [6, 6.07) is 0. The normalized spacial score (nSPS) is 50.7. The zero-order valence-corrected chi connectivity index (χ0v) is 16.8. The third-order valence-electron chi connectivity index (χ3n) is 8.87. The Hall–Kier alpha value is -0.830. The number of hydrazone groups is 1. The van der Waals surface area contributed by atoms with Gasteiger partial charge in [0.2, 0.25) is 0 Å². The molecule has 0 aromatic heterocycles. The summed E-state index contributed by atoms with van der Waals surface area (Å²) in [5.74, 6) is 2.33. The van der Waals surface area contributed by atoms with Crippen molar-refractivity contribution in [2.75, 3.05) is 14.1 Å². The minimum Gasteiger partial charge on any atom is -0.390 e. The fourth-order valence-electron chi connectivity index (χ4n) is 7.15. The monoisotopic (exact) mass is 344 g/mol. The van der Waals surface area contributed by atoms with Crippen LogP contribution in [0.5, 0.6) is 0 Å². The number of rotatable bonds is 1. The van der Waals surface area contributed by atoms with Gasteiger partial charge in [-0.25, -0.2) is 0 Å². The van der Waals surface area contributed by atoms with E-state index in [4.69, 9.17) is 0 Å². The van der Waals surface area contributed by atoms with Gasteiger partial charge in [-0.15, -0.1) is 0 Å². The van der Waals surface area contributed by atoms with Gasteiger partial charge >= 0.3 is 0 Å². The summed E-state index contributed by atoms with van der Waals surface area (Å²) in [7, 11) is 4.04. The topological polar surface area (TPSA) is 35.8 Å². The maximum absolute atomic E-state index is 11.0. The van der Waals surface area contributed by atoms with Crippen molar-refractivity contribution in [2.24, 2.45) is 33.7 Å². The third-order valence-corrected chi connectivity index (χ3v) is 8.87. The Labute approximate surface area is 153 Å². The Balaban J connectivity index is 1.64. The molecule has 0 spiro atoms. The Morgan fingerprint density at radius 3 is 2.44 bits per heavy atom. The summed E-state index contributed by atoms with van der Waals surface area (Å²) in [6.07, 6.45) is 12.1. The van der Waals surface area contributed by atoms with Gasteiger partial charge in [-0.2, -0.15) is 5.10 Å². The molecule has 0 amide bonds. The Kier molecular flexibility index (Phi) is 3.92. The first kappa shape index (κ1) is 17.6. The van der Waals surface area contributed by atoms with Crippen LogP contribution in [0, 0.1) is 28.6 Å². The van der Waals surface area contributed by atoms with E-state index in [2.05, 4.69) is 31.9 Å². The largest absolute Gasteiger partial charge is 0.390 e. The van der Waals surface area contributed by atoms with Crippen molar-refractivity contribution in [3.05, 3.63) is 11.6 Å². The number of fused-ring (bicyclic) bond motifs is 5. The number of allylic oxidation sites excluding steroid dienone is 2. The summed E-state index contributed by atoms with van der Waals surface area (Å²) >= 11 is 0. The van der Waals surface area contributed by atoms with Gasteiger partial charge in [0.05, 0.1) is 11.3 Å². The highest BCUT2D eigenvalue weighted by atomic mass is 16.3. The van der Waals surface area contributed by atoms with E-state index in [0.29, 0.717) is 5.41 Å². The molecule has 0 aliphatic heterocycles. The highest BCUT2D eigenvalue weighted by molar-refractivity contribution is 5.96. The average molecular weight is 345 g/mol. The van der Waals surface area contributed by atoms with Gasteiger partial charge in [0, 0.05) is 14.1 Å². The van der Waals surface area contributed by atoms with Crippen LogP contribution in [-0.4, -0.2) is 35.5 Å². The first-order valence-corrected chi connectivity index (χ1v) is 10.4. The van der Waals surface area contributed by atoms with E-state index < -0.39 is 5.60 Å². The molecule has 6 unspecified atom stereocenters. The van der Waals surface area contributed by atoms with E-state index >= 15 is 0 Å². The summed E-state index contributed by atoms with van der Waals surface area (Å²) in [5, 5.41) is 17.6. The molecule has 140 valence electrons. The molecule has 0 saturated heterocycles. The van der Waals surface area contributed by atoms with E-state index in [-0.39, 0.29) is 5.41 Å². The maximum Gasteiger partial charge on any atom is 0.0675 e. The molecule has 0 heterocycles. The van der Waals surface area contributed by atoms with Crippen molar-refractivity contribution in [1.29, 1.82) is 0 Å². The first-order valence-electron chi connectivity index (χ1n) is 10.4. The fourth-order valence-corrected chi connectivity index (χ4v) is 7.15. The Bertz CT molecular complexity index is 620. The maximum atomic E-state index is 11.0. The minimum atomic E-state index is -0.461. The average Bonchev–Trinajstić information content (AvgIpc) is 2.77. The second-order valence-electron chi connectivity index (χ2n) is 10.2. The van der Waals surface area contributed by atoms with Crippen molar-refractivity contribution < 1.29 is 5.11 Å². The van der Waals surface area contributed by atoms with Crippen LogP contribution in [0.4, 0.5) is 0 Å². The van der Waals surface area contributed by atoms with Gasteiger partial charge in [0.15, 0.2) is 0 Å². The molecule has 0 bridgehead atoms. The molecular weight excluding hydrogens is 308 g/mol. The lowest BCUT2D eigenvalue weighted by molar-refractivity contribution is -0.117. The second kappa shape index (κ2) is 5.58. The Morgan fingerprint density at radius 1 is 1.00 bits per heavy atom. The zero-order chi connectivity index (χ0) is 18.0. The molecule has 3 nitrogen and oxygen atoms in total. The molecule has 1 N–H and O–H groups in total. The highest BCUT2D eigenvalue weighted by Gasteiger charge is 2.62. The van der Waals surface area contributed by atoms with E-state index in [1.54, 1.807) is 5.57 Å². The van der Waals surface area contributed by atoms with Gasteiger partial charge in [0.25, 0.3) is 0 Å². The molecule has 3 saturated carbocycles. The summed E-state index contributed by atoms with van der Waals surface area (Å²) in [4.78, 5) is 0. The highest BCUT2D eigenvalue weighted by Crippen LogP contribution is 2.67. The van der Waals surface area contributed by atoms with Crippen LogP contribution < -0.4 is 0 Å². The van der Waals surface area contributed by atoms with E-state index in [0.717, 1.165) is 30.6 Å². The van der Waals surface area contributed by atoms with Crippen molar-refractivity contribution in [3.63, 3.8) is 0 Å². The molecule has 0 aromatic carbocycles. The van der Waals surface area contributed by atoms with Crippen LogP contribution in [0.2, 0.25) is 0 Å². The van der Waals surface area contributed by atoms with Gasteiger partial charge in [0.1, 0.15) is 0 Å². The van der Waals surface area contributed by atoms with Gasteiger partial charge in [-0.05, 0) is 93.0 Å². The van der Waals surface area contributed by atoms with Crippen LogP contribution in [-0.2, 0) is 0 Å². The second-order valence-corrected chi connectivity index (χ2v) is 10.2. The first-order chi connectivity index (χ1) is 11.7. The number of hydrogen-bond donors (Lipinski definition) is 1. The van der Waals surface area contributed by atoms with Gasteiger partial charge in [-0.3, -0.25) is 0 Å². The molecule has 25 heavy (non-hydrogen) atoms. The van der Waals surface area contributed by atoms with E-state index in [1.165, 1.54) is 44.2 Å². The number of aliphatic hydroxyl groups is 1. The molecule has 4 aliphatic rings. The van der Waals surface area contributed by atoms with Crippen molar-refractivity contribution in [3.8, 4) is 0 Å². The lowest BCUT2D eigenvalue weighted by atomic mass is 9.46. The molecule has 3 heteroatoms. The third kappa shape index (κ3) is 2.44. The molecular formula is C22H36N2O. The number of nitrogens with zero attached hydrogens (tertiary/aromatic N) is 2. The molecule has 0 radical (unpaired) electrons. The van der Waals surface area contributed by atoms with E-state index in [9.17, 15) is 5.11 Å². The molecule has 3 fully saturated rings. The lowest BCUT2D eigenvalue weighted by Gasteiger charge is -2.59. The quantitative estimate of drug-likeness (QED) is 0.705. The lowest BCUT2D eigenvalue weighted by Crippen LogP contribution is -2.53. The minimum absolute atomic E-state index is 0.137. The van der Waals surface area contributed by atoms with Gasteiger partial charge < -0.3 is 10.1 Å². The van der Waals surface area contributed by atoms with Crippen LogP contribution in [0.3, 0.4) is 0 Å². The molecule has 6 atom stereocenters. The zero-order valence-electron chi connectivity index (χ0n) is 16.8. The van der Waals surface area contributed by atoms with Crippen LogP contribution in [0.25, 0.3) is 0 Å². The summed E-state index contributed by atoms with van der Waals surface area (Å²) < 4.78 is 0. The molecule has 0 aromatic rings. The fraction of sp³-hybridized carbons (Fsp3) is 0.864. The summed E-state index contributed by atoms with van der Waals surface area (Å²) in [5.41, 5.74) is 2.97. The van der Waals surface area contributed by atoms with Crippen LogP contribution >= 0.6 is 0 Å². The SMILES string of the molecule is CN(C)/N=C1/C=C2CCC3C(CCC4(C)C3CCC4(C)O)C2(C)CC1. The van der Waals surface area contributed by atoms with E-state index in [1.807, 2.05) is 19.1 Å². The van der Waals surface area contributed by atoms with Gasteiger partial charge in [-0.1, -0.05) is 19.4 Å². The van der Waals surface area contributed by atoms with Crippen LogP contribution in [0.1, 0.15) is 72.1 Å². The Morgan fingerprint density at radius 2 is 1.72 bits per heavy atom. The predicted molar refractivity (Wildman–Crippen MR) is 103 cm³/mol. The molecule has 4 rings (SSSR count). The van der Waals surface area contributed by atoms with Crippen molar-refractivity contribution >= 4 is 5.71 Å². The predicted octanol–water partition coefficient (Wildman–Crippen LogP) is 4.62. The molecule has 4 aliphatic carbocycles. The summed E-state index contributed by atoms with van der Waals surface area (Å²) in [6.45, 7) is 7.03. The smallest absolute Gasteiger partial charge is 0.0675 e. The van der Waals surface area contributed by atoms with Crippen LogP contribution in [0.15, 0.2) is 16.8 Å². The standard InChI is InChI=1S/C22H36N2O/c1-20-11-8-16(23-24(4)5)14-15(20)6-7-17-18(20)9-12-21(2)19(17)10-13-22(21,3)25/h14,17-19,25H,6-13H2,1-5H3/b23-16+. The van der Waals surface area contributed by atoms with Crippen molar-refractivity contribution in [1.82, 2.24) is 5.01 Å². The van der Waals surface area contributed by atoms with Crippen molar-refractivity contribution in [2.45, 2.75) is 77.7 Å². The number of hydrogen-bond acceptors (Lipinski definition) is 3.